The van der Waals surface area contributed by atoms with Gasteiger partial charge in [0, 0.05) is 11.6 Å². The molecule has 0 fully saturated rings. The van der Waals surface area contributed by atoms with Crippen LogP contribution in [0, 0.1) is 12.7 Å². The summed E-state index contributed by atoms with van der Waals surface area (Å²) in [6, 6.07) is 16.9. The molecule has 31 heavy (non-hydrogen) atoms. The zero-order valence-electron chi connectivity index (χ0n) is 16.8. The third kappa shape index (κ3) is 4.95. The number of para-hydroxylation sites is 1. The predicted molar refractivity (Wildman–Crippen MR) is 111 cm³/mol. The van der Waals surface area contributed by atoms with Gasteiger partial charge in [0.05, 0.1) is 6.54 Å². The van der Waals surface area contributed by atoms with Crippen LogP contribution in [-0.2, 0) is 4.79 Å². The Labute approximate surface area is 177 Å². The predicted octanol–water partition coefficient (Wildman–Crippen LogP) is 2.81. The van der Waals surface area contributed by atoms with E-state index in [-0.39, 0.29) is 31.5 Å². The molecule has 0 spiro atoms. The Bertz CT molecular complexity index is 1210. The Morgan fingerprint density at radius 2 is 1.94 bits per heavy atom. The molecule has 0 bridgehead atoms. The molecule has 9 heteroatoms. The highest BCUT2D eigenvalue weighted by Gasteiger charge is 2.11. The Kier molecular flexibility index (Phi) is 6.02. The SMILES string of the molecule is Cc1ccccc1OCC(=O)NCCOc1ccc2nnc(-c3cccc(F)c3)n2n1. The summed E-state index contributed by atoms with van der Waals surface area (Å²) < 4.78 is 26.1. The summed E-state index contributed by atoms with van der Waals surface area (Å²) in [6.45, 7) is 2.34. The molecule has 0 aliphatic heterocycles. The first kappa shape index (κ1) is 20.3. The number of benzene rings is 2. The fourth-order valence-corrected chi connectivity index (χ4v) is 2.92. The van der Waals surface area contributed by atoms with E-state index in [9.17, 15) is 9.18 Å². The van der Waals surface area contributed by atoms with Crippen molar-refractivity contribution in [2.75, 3.05) is 19.8 Å². The van der Waals surface area contributed by atoms with Crippen LogP contribution in [0.1, 0.15) is 5.56 Å². The maximum absolute atomic E-state index is 13.5. The highest BCUT2D eigenvalue weighted by molar-refractivity contribution is 5.77. The number of aryl methyl sites for hydroxylation is 1. The minimum Gasteiger partial charge on any atom is -0.484 e. The van der Waals surface area contributed by atoms with Crippen molar-refractivity contribution >= 4 is 11.6 Å². The molecule has 0 aliphatic rings. The van der Waals surface area contributed by atoms with E-state index in [0.29, 0.717) is 28.7 Å². The molecule has 1 amide bonds. The second kappa shape index (κ2) is 9.21. The highest BCUT2D eigenvalue weighted by atomic mass is 19.1. The van der Waals surface area contributed by atoms with Crippen molar-refractivity contribution in [2.24, 2.45) is 0 Å². The summed E-state index contributed by atoms with van der Waals surface area (Å²) in [5.41, 5.74) is 2.03. The summed E-state index contributed by atoms with van der Waals surface area (Å²) in [5.74, 6) is 0.790. The fourth-order valence-electron chi connectivity index (χ4n) is 2.92. The van der Waals surface area contributed by atoms with Gasteiger partial charge in [0.2, 0.25) is 5.88 Å². The van der Waals surface area contributed by atoms with Crippen LogP contribution in [0.3, 0.4) is 0 Å². The number of ether oxygens (including phenoxy) is 2. The van der Waals surface area contributed by atoms with E-state index in [1.165, 1.54) is 16.6 Å². The number of hydrogen-bond acceptors (Lipinski definition) is 6. The Balaban J connectivity index is 1.31. The molecule has 2 aromatic carbocycles. The monoisotopic (exact) mass is 421 g/mol. The first-order valence-electron chi connectivity index (χ1n) is 9.66. The van der Waals surface area contributed by atoms with Gasteiger partial charge in [0.25, 0.3) is 5.91 Å². The second-order valence-electron chi connectivity index (χ2n) is 6.73. The number of nitrogens with zero attached hydrogens (tertiary/aromatic N) is 4. The average Bonchev–Trinajstić information content (AvgIpc) is 3.19. The second-order valence-corrected chi connectivity index (χ2v) is 6.73. The Morgan fingerprint density at radius 3 is 2.77 bits per heavy atom. The molecule has 4 rings (SSSR count). The van der Waals surface area contributed by atoms with E-state index >= 15 is 0 Å². The van der Waals surface area contributed by atoms with E-state index in [0.717, 1.165) is 5.56 Å². The number of hydrogen-bond donors (Lipinski definition) is 1. The molecule has 0 aliphatic carbocycles. The summed E-state index contributed by atoms with van der Waals surface area (Å²) >= 11 is 0. The van der Waals surface area contributed by atoms with E-state index in [2.05, 4.69) is 20.6 Å². The van der Waals surface area contributed by atoms with Gasteiger partial charge in [-0.25, -0.2) is 4.39 Å². The van der Waals surface area contributed by atoms with Gasteiger partial charge in [-0.05, 0) is 36.8 Å². The number of nitrogens with one attached hydrogen (secondary N) is 1. The van der Waals surface area contributed by atoms with E-state index in [4.69, 9.17) is 9.47 Å². The van der Waals surface area contributed by atoms with Crippen LogP contribution < -0.4 is 14.8 Å². The lowest BCUT2D eigenvalue weighted by atomic mass is 10.2. The fraction of sp³-hybridized carbons (Fsp3) is 0.182. The number of aromatic nitrogens is 4. The van der Waals surface area contributed by atoms with Crippen LogP contribution in [0.2, 0.25) is 0 Å². The van der Waals surface area contributed by atoms with Crippen molar-refractivity contribution in [1.82, 2.24) is 25.1 Å². The Morgan fingerprint density at radius 1 is 1.06 bits per heavy atom. The first-order chi connectivity index (χ1) is 15.1. The largest absolute Gasteiger partial charge is 0.484 e. The van der Waals surface area contributed by atoms with E-state index < -0.39 is 0 Å². The lowest BCUT2D eigenvalue weighted by Crippen LogP contribution is -2.32. The summed E-state index contributed by atoms with van der Waals surface area (Å²) in [7, 11) is 0. The maximum atomic E-state index is 13.5. The van der Waals surface area contributed by atoms with E-state index in [1.807, 2.05) is 31.2 Å². The lowest BCUT2D eigenvalue weighted by molar-refractivity contribution is -0.123. The van der Waals surface area contributed by atoms with E-state index in [1.54, 1.807) is 24.3 Å². The first-order valence-corrected chi connectivity index (χ1v) is 9.66. The molecule has 4 aromatic rings. The normalized spacial score (nSPS) is 10.8. The molecule has 0 saturated carbocycles. The number of amides is 1. The van der Waals surface area contributed by atoms with Gasteiger partial charge in [0.15, 0.2) is 18.1 Å². The van der Waals surface area contributed by atoms with Crippen LogP contribution >= 0.6 is 0 Å². The van der Waals surface area contributed by atoms with Crippen molar-refractivity contribution in [2.45, 2.75) is 6.92 Å². The van der Waals surface area contributed by atoms with Gasteiger partial charge in [-0.1, -0.05) is 30.3 Å². The third-order valence-electron chi connectivity index (χ3n) is 4.45. The van der Waals surface area contributed by atoms with Gasteiger partial charge in [-0.15, -0.1) is 15.3 Å². The highest BCUT2D eigenvalue weighted by Crippen LogP contribution is 2.20. The van der Waals surface area contributed by atoms with Crippen molar-refractivity contribution in [3.63, 3.8) is 0 Å². The quantitative estimate of drug-likeness (QED) is 0.440. The zero-order chi connectivity index (χ0) is 21.6. The molecule has 8 nitrogen and oxygen atoms in total. The average molecular weight is 421 g/mol. The molecule has 2 aromatic heterocycles. The molecule has 158 valence electrons. The third-order valence-corrected chi connectivity index (χ3v) is 4.45. The molecule has 0 unspecified atom stereocenters. The molecule has 0 radical (unpaired) electrons. The molecule has 1 N–H and O–H groups in total. The number of carbonyl (C=O) groups excluding carboxylic acids is 1. The van der Waals surface area contributed by atoms with Gasteiger partial charge >= 0.3 is 0 Å². The van der Waals surface area contributed by atoms with Gasteiger partial charge in [-0.2, -0.15) is 4.52 Å². The number of rotatable bonds is 8. The van der Waals surface area contributed by atoms with Gasteiger partial charge in [0.1, 0.15) is 18.2 Å². The van der Waals surface area contributed by atoms with Crippen LogP contribution in [0.4, 0.5) is 4.39 Å². The van der Waals surface area contributed by atoms with Gasteiger partial charge < -0.3 is 14.8 Å². The minimum atomic E-state index is -0.371. The molecule has 0 saturated heterocycles. The smallest absolute Gasteiger partial charge is 0.258 e. The summed E-state index contributed by atoms with van der Waals surface area (Å²) in [5, 5.41) is 15.2. The van der Waals surface area contributed by atoms with Crippen LogP contribution in [-0.4, -0.2) is 45.5 Å². The van der Waals surface area contributed by atoms with Crippen molar-refractivity contribution in [3.8, 4) is 23.0 Å². The van der Waals surface area contributed by atoms with Crippen LogP contribution in [0.15, 0.2) is 60.7 Å². The lowest BCUT2D eigenvalue weighted by Gasteiger charge is -2.10. The molecular weight excluding hydrogens is 401 g/mol. The zero-order valence-corrected chi connectivity index (χ0v) is 16.8. The molecule has 2 heterocycles. The van der Waals surface area contributed by atoms with Crippen molar-refractivity contribution in [3.05, 3.63) is 72.0 Å². The van der Waals surface area contributed by atoms with Crippen LogP contribution in [0.5, 0.6) is 11.6 Å². The van der Waals surface area contributed by atoms with Crippen molar-refractivity contribution < 1.29 is 18.7 Å². The standard InChI is InChI=1S/C22H20FN5O3/c1-15-5-2-3-8-18(15)31-14-20(29)24-11-12-30-21-10-9-19-25-26-22(28(19)27-21)16-6-4-7-17(23)13-16/h2-10,13H,11-12,14H2,1H3,(H,24,29). The Hall–Kier alpha value is -4.01. The van der Waals surface area contributed by atoms with Gasteiger partial charge in [-0.3, -0.25) is 4.79 Å². The molecule has 0 atom stereocenters. The minimum absolute atomic E-state index is 0.0766. The molecular formula is C22H20FN5O3. The van der Waals surface area contributed by atoms with Crippen LogP contribution in [0.25, 0.3) is 17.0 Å². The number of carbonyl (C=O) groups is 1. The summed E-state index contributed by atoms with van der Waals surface area (Å²) in [4.78, 5) is 11.9. The topological polar surface area (TPSA) is 90.6 Å². The number of halogens is 1. The summed E-state index contributed by atoms with van der Waals surface area (Å²) in [6.07, 6.45) is 0. The van der Waals surface area contributed by atoms with Crippen molar-refractivity contribution in [1.29, 1.82) is 0 Å². The number of fused-ring (bicyclic) bond motifs is 1. The maximum Gasteiger partial charge on any atom is 0.258 e.